The molecule has 0 aliphatic carbocycles. The van der Waals surface area contributed by atoms with E-state index in [-0.39, 0.29) is 5.91 Å². The third kappa shape index (κ3) is 4.38. The Morgan fingerprint density at radius 2 is 1.67 bits per heavy atom. The van der Waals surface area contributed by atoms with E-state index in [9.17, 15) is 4.79 Å². The molecular formula is C20H21N3O4. The van der Waals surface area contributed by atoms with Crippen molar-refractivity contribution >= 4 is 11.6 Å². The summed E-state index contributed by atoms with van der Waals surface area (Å²) in [6.45, 7) is 0. The fraction of sp³-hybridized carbons (Fsp3) is 0.200. The van der Waals surface area contributed by atoms with Crippen molar-refractivity contribution in [2.45, 2.75) is 6.42 Å². The number of anilines is 1. The summed E-state index contributed by atoms with van der Waals surface area (Å²) in [7, 11) is 4.73. The van der Waals surface area contributed by atoms with Gasteiger partial charge in [-0.25, -0.2) is 0 Å². The lowest BCUT2D eigenvalue weighted by atomic mass is 10.1. The number of aromatic nitrogens is 2. The van der Waals surface area contributed by atoms with Crippen molar-refractivity contribution in [2.24, 2.45) is 0 Å². The fourth-order valence-electron chi connectivity index (χ4n) is 2.63. The van der Waals surface area contributed by atoms with Gasteiger partial charge in [0.2, 0.25) is 0 Å². The first kappa shape index (κ1) is 18.3. The molecule has 2 aromatic carbocycles. The molecule has 0 atom stereocenters. The van der Waals surface area contributed by atoms with E-state index in [4.69, 9.17) is 14.2 Å². The van der Waals surface area contributed by atoms with Crippen molar-refractivity contribution in [1.29, 1.82) is 0 Å². The minimum Gasteiger partial charge on any atom is -0.497 e. The molecule has 0 radical (unpaired) electrons. The van der Waals surface area contributed by atoms with Crippen LogP contribution in [0.15, 0.2) is 48.5 Å². The molecule has 7 heteroatoms. The van der Waals surface area contributed by atoms with E-state index < -0.39 is 0 Å². The van der Waals surface area contributed by atoms with Gasteiger partial charge in [-0.3, -0.25) is 9.89 Å². The van der Waals surface area contributed by atoms with Crippen LogP contribution in [0.4, 0.5) is 5.69 Å². The van der Waals surface area contributed by atoms with Gasteiger partial charge in [-0.05, 0) is 35.9 Å². The number of nitrogens with one attached hydrogen (secondary N) is 2. The van der Waals surface area contributed by atoms with Crippen LogP contribution < -0.4 is 19.5 Å². The lowest BCUT2D eigenvalue weighted by Gasteiger charge is -2.10. The summed E-state index contributed by atoms with van der Waals surface area (Å²) < 4.78 is 15.6. The maximum absolute atomic E-state index is 12.5. The molecule has 0 saturated carbocycles. The molecule has 7 nitrogen and oxygen atoms in total. The molecule has 2 N–H and O–H groups in total. The molecule has 140 valence electrons. The summed E-state index contributed by atoms with van der Waals surface area (Å²) in [5.74, 6) is 1.63. The van der Waals surface area contributed by atoms with Gasteiger partial charge < -0.3 is 19.5 Å². The van der Waals surface area contributed by atoms with Crippen molar-refractivity contribution < 1.29 is 19.0 Å². The summed E-state index contributed by atoms with van der Waals surface area (Å²) in [4.78, 5) is 12.5. The van der Waals surface area contributed by atoms with Gasteiger partial charge in [0.1, 0.15) is 17.2 Å². The van der Waals surface area contributed by atoms with Crippen molar-refractivity contribution in [2.75, 3.05) is 26.6 Å². The maximum atomic E-state index is 12.5. The molecule has 1 amide bonds. The maximum Gasteiger partial charge on any atom is 0.276 e. The van der Waals surface area contributed by atoms with Gasteiger partial charge in [-0.2, -0.15) is 5.10 Å². The summed E-state index contributed by atoms with van der Waals surface area (Å²) >= 11 is 0. The Morgan fingerprint density at radius 1 is 0.963 bits per heavy atom. The Kier molecular flexibility index (Phi) is 5.61. The first-order valence-corrected chi connectivity index (χ1v) is 8.33. The number of aromatic amines is 1. The number of ether oxygens (including phenoxy) is 3. The second-order valence-corrected chi connectivity index (χ2v) is 5.82. The highest BCUT2D eigenvalue weighted by Crippen LogP contribution is 2.29. The number of hydrogen-bond acceptors (Lipinski definition) is 5. The van der Waals surface area contributed by atoms with E-state index in [0.717, 1.165) is 17.0 Å². The van der Waals surface area contributed by atoms with Gasteiger partial charge in [0.05, 0.1) is 27.0 Å². The highest BCUT2D eigenvalue weighted by molar-refractivity contribution is 6.03. The summed E-state index contributed by atoms with van der Waals surface area (Å²) in [5.41, 5.74) is 2.73. The van der Waals surface area contributed by atoms with Gasteiger partial charge in [0.25, 0.3) is 5.91 Å². The molecule has 3 rings (SSSR count). The SMILES string of the molecule is COc1ccc(Cc2cc(C(=O)Nc3cc(OC)ccc3OC)n[nH]2)cc1. The lowest BCUT2D eigenvalue weighted by molar-refractivity contribution is 0.102. The molecule has 0 aliphatic rings. The van der Waals surface area contributed by atoms with Crippen LogP contribution in [0.3, 0.4) is 0 Å². The Morgan fingerprint density at radius 3 is 2.33 bits per heavy atom. The first-order valence-electron chi connectivity index (χ1n) is 8.33. The third-order valence-corrected chi connectivity index (χ3v) is 4.07. The number of methoxy groups -OCH3 is 3. The first-order chi connectivity index (χ1) is 13.1. The van der Waals surface area contributed by atoms with Crippen molar-refractivity contribution in [3.63, 3.8) is 0 Å². The number of nitrogens with zero attached hydrogens (tertiary/aromatic N) is 1. The van der Waals surface area contributed by atoms with Crippen LogP contribution in [0, 0.1) is 0 Å². The van der Waals surface area contributed by atoms with Crippen LogP contribution in [0.25, 0.3) is 0 Å². The molecule has 0 saturated heterocycles. The number of benzene rings is 2. The van der Waals surface area contributed by atoms with Crippen molar-refractivity contribution in [1.82, 2.24) is 10.2 Å². The number of carbonyl (C=O) groups is 1. The molecule has 1 aromatic heterocycles. The minimum atomic E-state index is -0.334. The largest absolute Gasteiger partial charge is 0.497 e. The Balaban J connectivity index is 1.71. The monoisotopic (exact) mass is 367 g/mol. The third-order valence-electron chi connectivity index (χ3n) is 4.07. The van der Waals surface area contributed by atoms with Crippen LogP contribution >= 0.6 is 0 Å². The number of rotatable bonds is 7. The van der Waals surface area contributed by atoms with E-state index in [1.807, 2.05) is 24.3 Å². The zero-order valence-electron chi connectivity index (χ0n) is 15.4. The molecular weight excluding hydrogens is 346 g/mol. The quantitative estimate of drug-likeness (QED) is 0.669. The zero-order valence-corrected chi connectivity index (χ0v) is 15.4. The molecule has 0 fully saturated rings. The van der Waals surface area contributed by atoms with Crippen LogP contribution in [0.5, 0.6) is 17.2 Å². The summed E-state index contributed by atoms with van der Waals surface area (Å²) in [6, 6.07) is 14.7. The lowest BCUT2D eigenvalue weighted by Crippen LogP contribution is -2.13. The topological polar surface area (TPSA) is 85.5 Å². The van der Waals surface area contributed by atoms with Gasteiger partial charge in [-0.1, -0.05) is 12.1 Å². The molecule has 1 heterocycles. The van der Waals surface area contributed by atoms with E-state index in [0.29, 0.717) is 29.3 Å². The molecule has 3 aromatic rings. The number of H-pyrrole nitrogens is 1. The average Bonchev–Trinajstić information content (AvgIpc) is 3.17. The Bertz CT molecular complexity index is 919. The predicted octanol–water partition coefficient (Wildman–Crippen LogP) is 3.28. The summed E-state index contributed by atoms with van der Waals surface area (Å²) in [5, 5.41) is 9.81. The average molecular weight is 367 g/mol. The molecule has 0 unspecified atom stereocenters. The van der Waals surface area contributed by atoms with Crippen LogP contribution in [-0.2, 0) is 6.42 Å². The second-order valence-electron chi connectivity index (χ2n) is 5.82. The van der Waals surface area contributed by atoms with E-state index in [1.54, 1.807) is 45.6 Å². The molecule has 0 bridgehead atoms. The van der Waals surface area contributed by atoms with Gasteiger partial charge in [0, 0.05) is 18.2 Å². The standard InChI is InChI=1S/C20H21N3O4/c1-25-15-6-4-13(5-7-15)10-14-11-18(23-22-14)20(24)21-17-12-16(26-2)8-9-19(17)27-3/h4-9,11-12H,10H2,1-3H3,(H,21,24)(H,22,23). The van der Waals surface area contributed by atoms with E-state index in [1.165, 1.54) is 0 Å². The highest BCUT2D eigenvalue weighted by Gasteiger charge is 2.14. The van der Waals surface area contributed by atoms with Crippen molar-refractivity contribution in [3.05, 3.63) is 65.5 Å². The van der Waals surface area contributed by atoms with Crippen molar-refractivity contribution in [3.8, 4) is 17.2 Å². The Labute approximate surface area is 157 Å². The molecule has 27 heavy (non-hydrogen) atoms. The van der Waals surface area contributed by atoms with Crippen LogP contribution in [-0.4, -0.2) is 37.4 Å². The number of hydrogen-bond donors (Lipinski definition) is 2. The fourth-order valence-corrected chi connectivity index (χ4v) is 2.63. The zero-order chi connectivity index (χ0) is 19.2. The Hall–Kier alpha value is -3.48. The minimum absolute atomic E-state index is 0.295. The predicted molar refractivity (Wildman–Crippen MR) is 102 cm³/mol. The molecule has 0 spiro atoms. The van der Waals surface area contributed by atoms with Gasteiger partial charge >= 0.3 is 0 Å². The van der Waals surface area contributed by atoms with E-state index in [2.05, 4.69) is 15.5 Å². The second kappa shape index (κ2) is 8.27. The molecule has 0 aliphatic heterocycles. The van der Waals surface area contributed by atoms with Crippen LogP contribution in [0.1, 0.15) is 21.7 Å². The van der Waals surface area contributed by atoms with E-state index >= 15 is 0 Å². The number of amides is 1. The smallest absolute Gasteiger partial charge is 0.276 e. The van der Waals surface area contributed by atoms with Crippen LogP contribution in [0.2, 0.25) is 0 Å². The summed E-state index contributed by atoms with van der Waals surface area (Å²) in [6.07, 6.45) is 0.632. The normalized spacial score (nSPS) is 10.3. The highest BCUT2D eigenvalue weighted by atomic mass is 16.5. The number of carbonyl (C=O) groups excluding carboxylic acids is 1. The van der Waals surface area contributed by atoms with Gasteiger partial charge in [-0.15, -0.1) is 0 Å². The van der Waals surface area contributed by atoms with Gasteiger partial charge in [0.15, 0.2) is 5.69 Å².